The number of phenolic OH excluding ortho intramolecular Hbond substituents is 1. The summed E-state index contributed by atoms with van der Waals surface area (Å²) in [5.74, 6) is -0.0540. The highest BCUT2D eigenvalue weighted by molar-refractivity contribution is 5.80. The average Bonchev–Trinajstić information content (AvgIpc) is 2.56. The second-order valence-electron chi connectivity index (χ2n) is 6.38. The first kappa shape index (κ1) is 17.7. The zero-order valence-electron chi connectivity index (χ0n) is 13.7. The molecule has 0 radical (unpaired) electrons. The monoisotopic (exact) mass is 322 g/mol. The Morgan fingerprint density at radius 2 is 1.87 bits per heavy atom. The van der Waals surface area contributed by atoms with Crippen LogP contribution in [0.2, 0.25) is 0 Å². The van der Waals surface area contributed by atoms with Gasteiger partial charge < -0.3 is 26.0 Å². The highest BCUT2D eigenvalue weighted by Crippen LogP contribution is 2.34. The van der Waals surface area contributed by atoms with Crippen molar-refractivity contribution in [3.05, 3.63) is 28.8 Å². The van der Waals surface area contributed by atoms with Gasteiger partial charge in [-0.2, -0.15) is 0 Å². The number of nitrogens with zero attached hydrogens (tertiary/aromatic N) is 1. The number of piperidine rings is 1. The average molecular weight is 322 g/mol. The summed E-state index contributed by atoms with van der Waals surface area (Å²) in [4.78, 5) is 13.4. The minimum Gasteiger partial charge on any atom is -0.508 e. The molecule has 0 saturated carbocycles. The topological polar surface area (TPSA) is 107 Å². The number of likely N-dealkylation sites (tertiary alicyclic amines) is 1. The molecule has 1 aliphatic rings. The summed E-state index contributed by atoms with van der Waals surface area (Å²) in [6.45, 7) is 4.37. The van der Waals surface area contributed by atoms with Gasteiger partial charge in [0.2, 0.25) is 0 Å². The molecule has 0 spiro atoms. The number of aliphatic hydroxyl groups is 2. The third kappa shape index (κ3) is 3.83. The predicted molar refractivity (Wildman–Crippen MR) is 86.9 cm³/mol. The molecule has 2 atom stereocenters. The Bertz CT molecular complexity index is 568. The molecule has 1 fully saturated rings. The van der Waals surface area contributed by atoms with Crippen molar-refractivity contribution in [2.24, 2.45) is 11.7 Å². The van der Waals surface area contributed by atoms with Crippen LogP contribution in [0.4, 0.5) is 0 Å². The molecule has 2 rings (SSSR count). The number of benzene rings is 1. The first-order valence-electron chi connectivity index (χ1n) is 7.98. The van der Waals surface area contributed by atoms with Gasteiger partial charge in [-0.25, -0.2) is 0 Å². The van der Waals surface area contributed by atoms with E-state index in [2.05, 4.69) is 0 Å². The van der Waals surface area contributed by atoms with Gasteiger partial charge in [0.05, 0.1) is 6.61 Å². The van der Waals surface area contributed by atoms with Crippen LogP contribution >= 0.6 is 0 Å². The number of hydrogen-bond acceptors (Lipinski definition) is 5. The Morgan fingerprint density at radius 1 is 1.30 bits per heavy atom. The van der Waals surface area contributed by atoms with Gasteiger partial charge in [0.25, 0.3) is 5.91 Å². The standard InChI is InChI=1S/C17H26N2O4/c1-10-7-13(14(21)8-11(10)2)16(18)12-3-5-19(6-4-12)17(23)15(22)9-20/h7-8,12,15-16,20-22H,3-6,9,18H2,1-2H3/t15-,16-/m1/s1. The van der Waals surface area contributed by atoms with Crippen molar-refractivity contribution in [1.29, 1.82) is 0 Å². The lowest BCUT2D eigenvalue weighted by molar-refractivity contribution is -0.143. The zero-order chi connectivity index (χ0) is 17.1. The highest BCUT2D eigenvalue weighted by atomic mass is 16.3. The van der Waals surface area contributed by atoms with E-state index < -0.39 is 18.6 Å². The minimum absolute atomic E-state index is 0.165. The third-order valence-electron chi connectivity index (χ3n) is 4.82. The van der Waals surface area contributed by atoms with E-state index in [1.165, 1.54) is 0 Å². The SMILES string of the molecule is Cc1cc(O)c([C@H](N)C2CCN(C(=O)[C@H](O)CO)CC2)cc1C. The quantitative estimate of drug-likeness (QED) is 0.649. The molecule has 1 aromatic carbocycles. The van der Waals surface area contributed by atoms with E-state index >= 15 is 0 Å². The van der Waals surface area contributed by atoms with E-state index in [0.717, 1.165) is 16.7 Å². The highest BCUT2D eigenvalue weighted by Gasteiger charge is 2.30. The zero-order valence-corrected chi connectivity index (χ0v) is 13.7. The molecule has 0 aromatic heterocycles. The maximum atomic E-state index is 11.9. The molecule has 0 unspecified atom stereocenters. The lowest BCUT2D eigenvalue weighted by Gasteiger charge is -2.35. The Hall–Kier alpha value is -1.63. The van der Waals surface area contributed by atoms with Crippen LogP contribution in [-0.2, 0) is 4.79 Å². The van der Waals surface area contributed by atoms with E-state index in [4.69, 9.17) is 10.8 Å². The molecule has 1 saturated heterocycles. The van der Waals surface area contributed by atoms with Gasteiger partial charge in [0, 0.05) is 24.7 Å². The van der Waals surface area contributed by atoms with E-state index in [9.17, 15) is 15.0 Å². The van der Waals surface area contributed by atoms with Crippen LogP contribution in [0.1, 0.15) is 35.6 Å². The molecule has 5 N–H and O–H groups in total. The molecular weight excluding hydrogens is 296 g/mol. The number of aryl methyl sites for hydroxylation is 2. The molecule has 1 aromatic rings. The van der Waals surface area contributed by atoms with Gasteiger partial charge in [0.15, 0.2) is 6.10 Å². The maximum Gasteiger partial charge on any atom is 0.253 e. The number of phenols is 1. The lowest BCUT2D eigenvalue weighted by Crippen LogP contribution is -2.46. The molecule has 1 amide bonds. The van der Waals surface area contributed by atoms with E-state index in [0.29, 0.717) is 25.9 Å². The molecule has 23 heavy (non-hydrogen) atoms. The van der Waals surface area contributed by atoms with E-state index in [1.54, 1.807) is 11.0 Å². The number of hydrogen-bond donors (Lipinski definition) is 4. The fourth-order valence-electron chi connectivity index (χ4n) is 3.11. The van der Waals surface area contributed by atoms with Crippen LogP contribution in [-0.4, -0.2) is 51.9 Å². The van der Waals surface area contributed by atoms with Crippen LogP contribution in [0, 0.1) is 19.8 Å². The van der Waals surface area contributed by atoms with Crippen molar-refractivity contribution in [3.8, 4) is 5.75 Å². The van der Waals surface area contributed by atoms with Gasteiger partial charge in [-0.15, -0.1) is 0 Å². The summed E-state index contributed by atoms with van der Waals surface area (Å²) in [6.07, 6.45) is 0.0680. The number of rotatable bonds is 4. The van der Waals surface area contributed by atoms with Crippen LogP contribution < -0.4 is 5.73 Å². The van der Waals surface area contributed by atoms with Crippen molar-refractivity contribution in [2.75, 3.05) is 19.7 Å². The first-order chi connectivity index (χ1) is 10.8. The number of carbonyl (C=O) groups excluding carboxylic acids is 1. The molecule has 6 nitrogen and oxygen atoms in total. The Balaban J connectivity index is 2.03. The molecular formula is C17H26N2O4. The summed E-state index contributed by atoms with van der Waals surface area (Å²) in [5.41, 5.74) is 9.20. The molecule has 0 aliphatic carbocycles. The van der Waals surface area contributed by atoms with Gasteiger partial charge in [0.1, 0.15) is 5.75 Å². The first-order valence-corrected chi connectivity index (χ1v) is 7.98. The van der Waals surface area contributed by atoms with Crippen LogP contribution in [0.5, 0.6) is 5.75 Å². The van der Waals surface area contributed by atoms with Crippen molar-refractivity contribution >= 4 is 5.91 Å². The van der Waals surface area contributed by atoms with Gasteiger partial charge in [-0.1, -0.05) is 6.07 Å². The lowest BCUT2D eigenvalue weighted by atomic mass is 9.84. The summed E-state index contributed by atoms with van der Waals surface area (Å²) in [6, 6.07) is 3.39. The van der Waals surface area contributed by atoms with Gasteiger partial charge in [-0.05, 0) is 49.8 Å². The van der Waals surface area contributed by atoms with Crippen molar-refractivity contribution in [1.82, 2.24) is 4.90 Å². The normalized spacial score (nSPS) is 18.7. The fourth-order valence-corrected chi connectivity index (χ4v) is 3.11. The smallest absolute Gasteiger partial charge is 0.253 e. The largest absolute Gasteiger partial charge is 0.508 e. The maximum absolute atomic E-state index is 11.9. The van der Waals surface area contributed by atoms with Crippen LogP contribution in [0.3, 0.4) is 0 Å². The van der Waals surface area contributed by atoms with E-state index in [-0.39, 0.29) is 17.7 Å². The Morgan fingerprint density at radius 3 is 2.43 bits per heavy atom. The fraction of sp³-hybridized carbons (Fsp3) is 0.588. The molecule has 1 heterocycles. The molecule has 1 aliphatic heterocycles. The Labute approximate surface area is 136 Å². The molecule has 6 heteroatoms. The van der Waals surface area contributed by atoms with Crippen molar-refractivity contribution in [3.63, 3.8) is 0 Å². The summed E-state index contributed by atoms with van der Waals surface area (Å²) in [7, 11) is 0. The molecule has 0 bridgehead atoms. The van der Waals surface area contributed by atoms with Crippen LogP contribution in [0.25, 0.3) is 0 Å². The van der Waals surface area contributed by atoms with E-state index in [1.807, 2.05) is 19.9 Å². The van der Waals surface area contributed by atoms with Gasteiger partial charge >= 0.3 is 0 Å². The Kier molecular flexibility index (Phi) is 5.62. The van der Waals surface area contributed by atoms with Crippen molar-refractivity contribution < 1.29 is 20.1 Å². The van der Waals surface area contributed by atoms with Gasteiger partial charge in [-0.3, -0.25) is 4.79 Å². The third-order valence-corrected chi connectivity index (χ3v) is 4.82. The molecule has 128 valence electrons. The number of aliphatic hydroxyl groups excluding tert-OH is 2. The number of nitrogens with two attached hydrogens (primary N) is 1. The van der Waals surface area contributed by atoms with Crippen molar-refractivity contribution in [2.45, 2.75) is 38.8 Å². The number of aromatic hydroxyl groups is 1. The minimum atomic E-state index is -1.34. The number of carbonyl (C=O) groups is 1. The second-order valence-corrected chi connectivity index (χ2v) is 6.38. The number of amides is 1. The predicted octanol–water partition coefficient (Wildman–Crippen LogP) is 0.601. The summed E-state index contributed by atoms with van der Waals surface area (Å²) < 4.78 is 0. The summed E-state index contributed by atoms with van der Waals surface area (Å²) in [5, 5.41) is 28.4. The van der Waals surface area contributed by atoms with Crippen LogP contribution in [0.15, 0.2) is 12.1 Å². The summed E-state index contributed by atoms with van der Waals surface area (Å²) >= 11 is 0. The second kappa shape index (κ2) is 7.29.